The summed E-state index contributed by atoms with van der Waals surface area (Å²) in [7, 11) is 0. The molecule has 0 aliphatic heterocycles. The summed E-state index contributed by atoms with van der Waals surface area (Å²) < 4.78 is 0. The maximum absolute atomic E-state index is 11.9. The summed E-state index contributed by atoms with van der Waals surface area (Å²) in [5, 5.41) is 11.4. The normalized spacial score (nSPS) is 12.3. The van der Waals surface area contributed by atoms with Crippen LogP contribution in [0, 0.1) is 6.92 Å². The molecule has 104 valence electrons. The molecule has 0 fully saturated rings. The van der Waals surface area contributed by atoms with Gasteiger partial charge in [0.2, 0.25) is 5.91 Å². The topological polar surface area (TPSA) is 92.4 Å². The molecule has 0 heterocycles. The maximum Gasteiger partial charge on any atom is 0.305 e. The largest absolute Gasteiger partial charge is 0.481 e. The van der Waals surface area contributed by atoms with Crippen LogP contribution in [-0.4, -0.2) is 23.0 Å². The lowest BCUT2D eigenvalue weighted by Gasteiger charge is -2.18. The van der Waals surface area contributed by atoms with E-state index in [1.165, 1.54) is 0 Å². The van der Waals surface area contributed by atoms with E-state index in [0.717, 1.165) is 16.8 Å². The van der Waals surface area contributed by atoms with Crippen molar-refractivity contribution in [3.8, 4) is 0 Å². The average molecular weight is 264 g/mol. The number of rotatable bonds is 5. The van der Waals surface area contributed by atoms with E-state index in [1.807, 2.05) is 39.0 Å². The number of benzene rings is 1. The first-order valence-corrected chi connectivity index (χ1v) is 6.20. The average Bonchev–Trinajstić information content (AvgIpc) is 2.30. The number of anilines is 1. The van der Waals surface area contributed by atoms with Crippen LogP contribution in [0.1, 0.15) is 37.3 Å². The third kappa shape index (κ3) is 4.06. The standard InChI is InChI=1S/C14H20N2O3/c1-8(2)10-6-4-5-9(3)13(10)16-14(19)11(15)7-12(17)18/h4-6,8,11H,7,15H2,1-3H3,(H,16,19)(H,17,18). The number of nitrogens with one attached hydrogen (secondary N) is 1. The molecule has 1 aromatic carbocycles. The Bertz CT molecular complexity index is 484. The van der Waals surface area contributed by atoms with Crippen LogP contribution in [0.25, 0.3) is 0 Å². The molecule has 4 N–H and O–H groups in total. The Labute approximate surface area is 112 Å². The van der Waals surface area contributed by atoms with Crippen LogP contribution >= 0.6 is 0 Å². The van der Waals surface area contributed by atoms with E-state index in [0.29, 0.717) is 0 Å². The fourth-order valence-corrected chi connectivity index (χ4v) is 1.84. The number of aliphatic carboxylic acids is 1. The fourth-order valence-electron chi connectivity index (χ4n) is 1.84. The SMILES string of the molecule is Cc1cccc(C(C)C)c1NC(=O)C(N)CC(=O)O. The highest BCUT2D eigenvalue weighted by Gasteiger charge is 2.19. The predicted octanol–water partition coefficient (Wildman–Crippen LogP) is 1.86. The van der Waals surface area contributed by atoms with Gasteiger partial charge in [-0.25, -0.2) is 0 Å². The summed E-state index contributed by atoms with van der Waals surface area (Å²) in [6, 6.07) is 4.72. The van der Waals surface area contributed by atoms with Crippen molar-refractivity contribution >= 4 is 17.6 Å². The molecular weight excluding hydrogens is 244 g/mol. The third-order valence-corrected chi connectivity index (χ3v) is 2.91. The molecule has 1 amide bonds. The number of carboxylic acids is 1. The number of aryl methyl sites for hydroxylation is 1. The molecule has 1 aromatic rings. The fraction of sp³-hybridized carbons (Fsp3) is 0.429. The minimum absolute atomic E-state index is 0.255. The van der Waals surface area contributed by atoms with Crippen LogP contribution in [-0.2, 0) is 9.59 Å². The lowest BCUT2D eigenvalue weighted by atomic mass is 9.98. The Morgan fingerprint density at radius 3 is 2.53 bits per heavy atom. The van der Waals surface area contributed by atoms with Gasteiger partial charge in [0, 0.05) is 5.69 Å². The zero-order chi connectivity index (χ0) is 14.6. The summed E-state index contributed by atoms with van der Waals surface area (Å²) in [5.41, 5.74) is 8.22. The molecule has 0 aromatic heterocycles. The van der Waals surface area contributed by atoms with E-state index in [9.17, 15) is 9.59 Å². The molecule has 0 saturated carbocycles. The minimum atomic E-state index is -1.09. The van der Waals surface area contributed by atoms with Crippen LogP contribution in [0.3, 0.4) is 0 Å². The Morgan fingerprint density at radius 1 is 1.37 bits per heavy atom. The molecule has 1 atom stereocenters. The summed E-state index contributed by atoms with van der Waals surface area (Å²) in [6.07, 6.45) is -0.380. The number of hydrogen-bond acceptors (Lipinski definition) is 3. The molecule has 5 nitrogen and oxygen atoms in total. The minimum Gasteiger partial charge on any atom is -0.481 e. The highest BCUT2D eigenvalue weighted by Crippen LogP contribution is 2.27. The first kappa shape index (κ1) is 15.2. The summed E-state index contributed by atoms with van der Waals surface area (Å²) in [4.78, 5) is 22.4. The Hall–Kier alpha value is -1.88. The first-order valence-electron chi connectivity index (χ1n) is 6.20. The molecule has 0 bridgehead atoms. The van der Waals surface area contributed by atoms with E-state index in [2.05, 4.69) is 5.32 Å². The summed E-state index contributed by atoms with van der Waals surface area (Å²) in [5.74, 6) is -1.30. The zero-order valence-electron chi connectivity index (χ0n) is 11.4. The van der Waals surface area contributed by atoms with Crippen molar-refractivity contribution in [2.24, 2.45) is 5.73 Å². The number of carboxylic acid groups (broad SMARTS) is 1. The van der Waals surface area contributed by atoms with E-state index >= 15 is 0 Å². The van der Waals surface area contributed by atoms with E-state index in [4.69, 9.17) is 10.8 Å². The van der Waals surface area contributed by atoms with E-state index < -0.39 is 17.9 Å². The molecular formula is C14H20N2O3. The van der Waals surface area contributed by atoms with Gasteiger partial charge in [-0.2, -0.15) is 0 Å². The molecule has 0 aliphatic rings. The van der Waals surface area contributed by atoms with Gasteiger partial charge in [0.05, 0.1) is 12.5 Å². The Morgan fingerprint density at radius 2 is 2.00 bits per heavy atom. The van der Waals surface area contributed by atoms with Gasteiger partial charge in [0.15, 0.2) is 0 Å². The zero-order valence-corrected chi connectivity index (χ0v) is 11.4. The van der Waals surface area contributed by atoms with Gasteiger partial charge < -0.3 is 16.2 Å². The number of hydrogen-bond donors (Lipinski definition) is 3. The number of amides is 1. The van der Waals surface area contributed by atoms with Crippen LogP contribution < -0.4 is 11.1 Å². The predicted molar refractivity (Wildman–Crippen MR) is 74.1 cm³/mol. The summed E-state index contributed by atoms with van der Waals surface area (Å²) in [6.45, 7) is 5.95. The Kier molecular flexibility index (Phi) is 5.06. The Balaban J connectivity index is 2.93. The first-order chi connectivity index (χ1) is 8.82. The van der Waals surface area contributed by atoms with Crippen LogP contribution in [0.4, 0.5) is 5.69 Å². The summed E-state index contributed by atoms with van der Waals surface area (Å²) >= 11 is 0. The van der Waals surface area contributed by atoms with Crippen LogP contribution in [0.5, 0.6) is 0 Å². The number of nitrogens with two attached hydrogens (primary N) is 1. The van der Waals surface area contributed by atoms with Crippen molar-refractivity contribution in [2.75, 3.05) is 5.32 Å². The van der Waals surface area contributed by atoms with E-state index in [-0.39, 0.29) is 12.3 Å². The van der Waals surface area contributed by atoms with Crippen LogP contribution in [0.2, 0.25) is 0 Å². The molecule has 0 saturated heterocycles. The monoisotopic (exact) mass is 264 g/mol. The van der Waals surface area contributed by atoms with Gasteiger partial charge in [0.25, 0.3) is 0 Å². The molecule has 0 spiro atoms. The van der Waals surface area contributed by atoms with Gasteiger partial charge in [-0.15, -0.1) is 0 Å². The van der Waals surface area contributed by atoms with Crippen molar-refractivity contribution in [3.63, 3.8) is 0 Å². The van der Waals surface area contributed by atoms with Crippen molar-refractivity contribution in [1.29, 1.82) is 0 Å². The maximum atomic E-state index is 11.9. The molecule has 19 heavy (non-hydrogen) atoms. The quantitative estimate of drug-likeness (QED) is 0.756. The highest BCUT2D eigenvalue weighted by atomic mass is 16.4. The van der Waals surface area contributed by atoms with Crippen molar-refractivity contribution < 1.29 is 14.7 Å². The van der Waals surface area contributed by atoms with Crippen LogP contribution in [0.15, 0.2) is 18.2 Å². The second-order valence-corrected chi connectivity index (χ2v) is 4.89. The molecule has 1 unspecified atom stereocenters. The number of para-hydroxylation sites is 1. The van der Waals surface area contributed by atoms with Crippen molar-refractivity contribution in [3.05, 3.63) is 29.3 Å². The smallest absolute Gasteiger partial charge is 0.305 e. The van der Waals surface area contributed by atoms with Crippen molar-refractivity contribution in [2.45, 2.75) is 39.2 Å². The number of carbonyl (C=O) groups excluding carboxylic acids is 1. The van der Waals surface area contributed by atoms with Gasteiger partial charge in [-0.3, -0.25) is 9.59 Å². The van der Waals surface area contributed by atoms with Gasteiger partial charge in [-0.1, -0.05) is 32.0 Å². The molecule has 1 rings (SSSR count). The van der Waals surface area contributed by atoms with Crippen molar-refractivity contribution in [1.82, 2.24) is 0 Å². The molecule has 0 radical (unpaired) electrons. The lowest BCUT2D eigenvalue weighted by molar-refractivity contribution is -0.138. The highest BCUT2D eigenvalue weighted by molar-refractivity contribution is 5.97. The molecule has 0 aliphatic carbocycles. The third-order valence-electron chi connectivity index (χ3n) is 2.91. The number of carbonyl (C=O) groups is 2. The molecule has 5 heteroatoms. The second-order valence-electron chi connectivity index (χ2n) is 4.89. The lowest BCUT2D eigenvalue weighted by Crippen LogP contribution is -2.37. The van der Waals surface area contributed by atoms with Gasteiger partial charge in [-0.05, 0) is 24.0 Å². The second kappa shape index (κ2) is 6.33. The van der Waals surface area contributed by atoms with Gasteiger partial charge >= 0.3 is 5.97 Å². The van der Waals surface area contributed by atoms with E-state index in [1.54, 1.807) is 0 Å². The van der Waals surface area contributed by atoms with Gasteiger partial charge in [0.1, 0.15) is 0 Å².